The molecular formula is C14H11BrFNO2. The number of carboxylic acid groups (broad SMARTS) is 1. The van der Waals surface area contributed by atoms with E-state index in [0.717, 1.165) is 18.5 Å². The topological polar surface area (TPSA) is 50.2 Å². The third-order valence-corrected chi connectivity index (χ3v) is 4.31. The smallest absolute Gasteiger partial charge is 0.336 e. The van der Waals surface area contributed by atoms with Crippen LogP contribution in [0.4, 0.5) is 4.39 Å². The van der Waals surface area contributed by atoms with Crippen LogP contribution in [-0.2, 0) is 5.41 Å². The zero-order chi connectivity index (χ0) is 13.8. The Hall–Kier alpha value is -1.49. The first kappa shape index (κ1) is 12.5. The minimum absolute atomic E-state index is 0.0536. The third kappa shape index (κ3) is 2.02. The predicted molar refractivity (Wildman–Crippen MR) is 72.9 cm³/mol. The molecule has 5 heteroatoms. The summed E-state index contributed by atoms with van der Waals surface area (Å²) in [4.78, 5) is 15.8. The maximum atomic E-state index is 13.6. The van der Waals surface area contributed by atoms with Crippen molar-refractivity contribution in [3.05, 3.63) is 39.7 Å². The fraction of sp³-hybridized carbons (Fsp3) is 0.286. The quantitative estimate of drug-likeness (QED) is 0.912. The molecule has 1 N–H and O–H groups in total. The van der Waals surface area contributed by atoms with E-state index in [1.165, 1.54) is 12.1 Å². The molecule has 1 aromatic carbocycles. The summed E-state index contributed by atoms with van der Waals surface area (Å²) in [6, 6.07) is 4.36. The van der Waals surface area contributed by atoms with Crippen LogP contribution in [0.15, 0.2) is 22.7 Å². The Balaban J connectivity index is 2.34. The molecule has 0 atom stereocenters. The lowest BCUT2D eigenvalue weighted by Crippen LogP contribution is -2.08. The van der Waals surface area contributed by atoms with E-state index < -0.39 is 11.8 Å². The van der Waals surface area contributed by atoms with Gasteiger partial charge in [0.1, 0.15) is 5.82 Å². The summed E-state index contributed by atoms with van der Waals surface area (Å²) in [7, 11) is 0. The van der Waals surface area contributed by atoms with Gasteiger partial charge in [0.15, 0.2) is 0 Å². The zero-order valence-corrected chi connectivity index (χ0v) is 11.8. The van der Waals surface area contributed by atoms with Crippen LogP contribution in [0.2, 0.25) is 0 Å². The molecule has 2 aromatic rings. The molecule has 0 unspecified atom stereocenters. The molecule has 1 aliphatic rings. The van der Waals surface area contributed by atoms with Gasteiger partial charge in [-0.2, -0.15) is 0 Å². The van der Waals surface area contributed by atoms with Gasteiger partial charge in [0.2, 0.25) is 0 Å². The van der Waals surface area contributed by atoms with Crippen LogP contribution < -0.4 is 0 Å². The van der Waals surface area contributed by atoms with E-state index in [1.807, 2.05) is 6.92 Å². The molecule has 3 rings (SSSR count). The lowest BCUT2D eigenvalue weighted by Gasteiger charge is -2.12. The first-order valence-corrected chi connectivity index (χ1v) is 6.74. The van der Waals surface area contributed by atoms with E-state index in [1.54, 1.807) is 6.07 Å². The van der Waals surface area contributed by atoms with Gasteiger partial charge in [-0.25, -0.2) is 9.18 Å². The van der Waals surface area contributed by atoms with Crippen molar-refractivity contribution in [2.24, 2.45) is 0 Å². The van der Waals surface area contributed by atoms with Crippen LogP contribution in [-0.4, -0.2) is 16.1 Å². The van der Waals surface area contributed by atoms with Crippen LogP contribution in [0.25, 0.3) is 10.9 Å². The maximum absolute atomic E-state index is 13.6. The number of fused-ring (bicyclic) bond motifs is 1. The Bertz CT molecular complexity index is 710. The number of pyridine rings is 1. The molecule has 1 heterocycles. The van der Waals surface area contributed by atoms with Crippen molar-refractivity contribution in [3.8, 4) is 0 Å². The summed E-state index contributed by atoms with van der Waals surface area (Å²) in [5, 5.41) is 9.77. The van der Waals surface area contributed by atoms with Crippen LogP contribution in [0.1, 0.15) is 35.8 Å². The first-order valence-electron chi connectivity index (χ1n) is 5.94. The molecule has 1 fully saturated rings. The average molecular weight is 324 g/mol. The number of carboxylic acids is 1. The van der Waals surface area contributed by atoms with Crippen LogP contribution in [0.5, 0.6) is 0 Å². The second kappa shape index (κ2) is 4.00. The Morgan fingerprint density at radius 1 is 1.42 bits per heavy atom. The first-order chi connectivity index (χ1) is 8.90. The SMILES string of the molecule is CC1(c2cc(C(=O)O)c3cc(Br)c(F)cc3n2)CC1. The molecule has 1 aromatic heterocycles. The second-order valence-corrected chi connectivity index (χ2v) is 6.06. The van der Waals surface area contributed by atoms with Gasteiger partial charge in [-0.1, -0.05) is 6.92 Å². The highest BCUT2D eigenvalue weighted by atomic mass is 79.9. The Morgan fingerprint density at radius 3 is 2.68 bits per heavy atom. The van der Waals surface area contributed by atoms with E-state index in [-0.39, 0.29) is 15.5 Å². The number of aromatic carboxylic acids is 1. The van der Waals surface area contributed by atoms with Crippen LogP contribution in [0, 0.1) is 5.82 Å². The summed E-state index contributed by atoms with van der Waals surface area (Å²) in [5.41, 5.74) is 1.25. The number of aromatic nitrogens is 1. The van der Waals surface area contributed by atoms with Gasteiger partial charge in [-0.3, -0.25) is 4.98 Å². The number of hydrogen-bond acceptors (Lipinski definition) is 2. The van der Waals surface area contributed by atoms with Gasteiger partial charge >= 0.3 is 5.97 Å². The fourth-order valence-corrected chi connectivity index (χ4v) is 2.49. The van der Waals surface area contributed by atoms with Crippen LogP contribution in [0.3, 0.4) is 0 Å². The molecule has 1 saturated carbocycles. The number of benzene rings is 1. The Morgan fingerprint density at radius 2 is 2.11 bits per heavy atom. The lowest BCUT2D eigenvalue weighted by atomic mass is 9.99. The normalized spacial score (nSPS) is 16.6. The number of hydrogen-bond donors (Lipinski definition) is 1. The minimum Gasteiger partial charge on any atom is -0.478 e. The Labute approximate surface area is 117 Å². The van der Waals surface area contributed by atoms with E-state index >= 15 is 0 Å². The lowest BCUT2D eigenvalue weighted by molar-refractivity contribution is 0.0699. The molecule has 0 spiro atoms. The summed E-state index contributed by atoms with van der Waals surface area (Å²) in [6.45, 7) is 2.04. The van der Waals surface area contributed by atoms with E-state index in [2.05, 4.69) is 20.9 Å². The summed E-state index contributed by atoms with van der Waals surface area (Å²) < 4.78 is 13.8. The molecule has 19 heavy (non-hydrogen) atoms. The van der Waals surface area contributed by atoms with E-state index in [0.29, 0.717) is 10.9 Å². The summed E-state index contributed by atoms with van der Waals surface area (Å²) in [5.74, 6) is -1.45. The van der Waals surface area contributed by atoms with Gasteiger partial charge in [-0.15, -0.1) is 0 Å². The fourth-order valence-electron chi connectivity index (χ4n) is 2.15. The highest BCUT2D eigenvalue weighted by Crippen LogP contribution is 2.47. The van der Waals surface area contributed by atoms with Crippen molar-refractivity contribution in [2.75, 3.05) is 0 Å². The predicted octanol–water partition coefficient (Wildman–Crippen LogP) is 3.89. The molecule has 1 aliphatic carbocycles. The van der Waals surface area contributed by atoms with Crippen molar-refractivity contribution >= 4 is 32.8 Å². The molecule has 0 aliphatic heterocycles. The molecule has 98 valence electrons. The summed E-state index contributed by atoms with van der Waals surface area (Å²) >= 11 is 3.07. The van der Waals surface area contributed by atoms with Crippen molar-refractivity contribution in [1.29, 1.82) is 0 Å². The van der Waals surface area contributed by atoms with Gasteiger partial charge in [0.25, 0.3) is 0 Å². The van der Waals surface area contributed by atoms with E-state index in [4.69, 9.17) is 0 Å². The molecule has 0 bridgehead atoms. The number of carbonyl (C=O) groups is 1. The van der Waals surface area contributed by atoms with Gasteiger partial charge < -0.3 is 5.11 Å². The average Bonchev–Trinajstić information content (AvgIpc) is 3.08. The molecular weight excluding hydrogens is 313 g/mol. The van der Waals surface area contributed by atoms with Crippen molar-refractivity contribution in [1.82, 2.24) is 4.98 Å². The Kier molecular flexibility index (Phi) is 2.64. The maximum Gasteiger partial charge on any atom is 0.336 e. The number of rotatable bonds is 2. The molecule has 0 radical (unpaired) electrons. The van der Waals surface area contributed by atoms with Gasteiger partial charge in [0, 0.05) is 22.6 Å². The van der Waals surface area contributed by atoms with Crippen molar-refractivity contribution in [2.45, 2.75) is 25.2 Å². The van der Waals surface area contributed by atoms with Crippen molar-refractivity contribution < 1.29 is 14.3 Å². The number of halogens is 2. The highest BCUT2D eigenvalue weighted by molar-refractivity contribution is 9.10. The standard InChI is InChI=1S/C14H11BrFNO2/c1-14(2-3-14)12-5-8(13(18)19)7-4-9(15)10(16)6-11(7)17-12/h4-6H,2-3H2,1H3,(H,18,19). The van der Waals surface area contributed by atoms with Gasteiger partial charge in [0.05, 0.1) is 15.6 Å². The minimum atomic E-state index is -1.02. The van der Waals surface area contributed by atoms with E-state index in [9.17, 15) is 14.3 Å². The van der Waals surface area contributed by atoms with Crippen molar-refractivity contribution in [3.63, 3.8) is 0 Å². The largest absolute Gasteiger partial charge is 0.478 e. The van der Waals surface area contributed by atoms with Gasteiger partial charge in [-0.05, 0) is 40.9 Å². The molecule has 0 saturated heterocycles. The summed E-state index contributed by atoms with van der Waals surface area (Å²) in [6.07, 6.45) is 1.98. The molecule has 0 amide bonds. The second-order valence-electron chi connectivity index (χ2n) is 5.20. The zero-order valence-electron chi connectivity index (χ0n) is 10.2. The third-order valence-electron chi connectivity index (χ3n) is 3.70. The van der Waals surface area contributed by atoms with Crippen LogP contribution >= 0.6 is 15.9 Å². The highest BCUT2D eigenvalue weighted by Gasteiger charge is 2.41. The monoisotopic (exact) mass is 323 g/mol. The molecule has 3 nitrogen and oxygen atoms in total. The number of nitrogens with zero attached hydrogens (tertiary/aromatic N) is 1.